The average molecular weight is 201 g/mol. The van der Waals surface area contributed by atoms with Crippen LogP contribution in [0.2, 0.25) is 0 Å². The molecule has 1 N–H and O–H groups in total. The fourth-order valence-corrected chi connectivity index (χ4v) is 0.461. The van der Waals surface area contributed by atoms with Gasteiger partial charge in [-0.25, -0.2) is 15.0 Å². The van der Waals surface area contributed by atoms with Gasteiger partial charge in [0, 0.05) is 12.2 Å². The molecule has 0 saturated carbocycles. The van der Waals surface area contributed by atoms with E-state index in [0.29, 0.717) is 25.4 Å². The average Bonchev–Trinajstić information content (AvgIpc) is 2.13. The van der Waals surface area contributed by atoms with E-state index in [1.807, 2.05) is 6.92 Å². The molecule has 0 atom stereocenters. The van der Waals surface area contributed by atoms with Gasteiger partial charge in [-0.05, 0) is 13.8 Å². The van der Waals surface area contributed by atoms with Crippen molar-refractivity contribution in [3.63, 3.8) is 0 Å². The van der Waals surface area contributed by atoms with Crippen LogP contribution < -0.4 is 0 Å². The summed E-state index contributed by atoms with van der Waals surface area (Å²) in [5.74, 6) is -0.357. The highest BCUT2D eigenvalue weighted by molar-refractivity contribution is 5.86. The monoisotopic (exact) mass is 201 g/mol. The van der Waals surface area contributed by atoms with Crippen LogP contribution in [0.5, 0.6) is 0 Å². The molecule has 0 radical (unpaired) electrons. The van der Waals surface area contributed by atoms with Crippen molar-refractivity contribution in [1.82, 2.24) is 0 Å². The summed E-state index contributed by atoms with van der Waals surface area (Å²) < 4.78 is 9.70. The maximum atomic E-state index is 10.7. The number of carbonyl (C=O) groups excluding carboxylic acids is 2. The lowest BCUT2D eigenvalue weighted by molar-refractivity contribution is -0.140. The summed E-state index contributed by atoms with van der Waals surface area (Å²) in [6.07, 6.45) is 0.750. The first kappa shape index (κ1) is 15.0. The van der Waals surface area contributed by atoms with Gasteiger partial charge in [0.15, 0.2) is 0 Å². The number of nitrogens with one attached hydrogen (secondary N) is 1. The molecule has 0 unspecified atom stereocenters. The van der Waals surface area contributed by atoms with Gasteiger partial charge < -0.3 is 9.47 Å². The Bertz CT molecular complexity index is 207. The highest BCUT2D eigenvalue weighted by Crippen LogP contribution is 1.91. The first-order chi connectivity index (χ1) is 6.59. The summed E-state index contributed by atoms with van der Waals surface area (Å²) in [6.45, 7) is 8.34. The number of isocyanates is 1. The summed E-state index contributed by atoms with van der Waals surface area (Å²) in [5.41, 5.74) is 0.418. The molecule has 0 amide bonds. The highest BCUT2D eigenvalue weighted by atomic mass is 16.6. The molecule has 0 heterocycles. The molecule has 0 aliphatic carbocycles. The summed E-state index contributed by atoms with van der Waals surface area (Å²) >= 11 is 0. The molecule has 0 bridgehead atoms. The molecule has 80 valence electrons. The molecule has 0 fully saturated rings. The Kier molecular flexibility index (Phi) is 12.4. The minimum absolute atomic E-state index is 0.305. The molecule has 5 heteroatoms. The Hall–Kier alpha value is -1.45. The molecule has 0 spiro atoms. The van der Waals surface area contributed by atoms with Gasteiger partial charge >= 0.3 is 5.97 Å². The van der Waals surface area contributed by atoms with Gasteiger partial charge in [-0.1, -0.05) is 6.58 Å². The predicted molar refractivity (Wildman–Crippen MR) is 50.7 cm³/mol. The van der Waals surface area contributed by atoms with E-state index < -0.39 is 0 Å². The molecule has 0 aliphatic rings. The second kappa shape index (κ2) is 11.6. The number of esters is 1. The lowest BCUT2D eigenvalue weighted by Gasteiger charge is -2.03. The quantitative estimate of drug-likeness (QED) is 0.237. The molecule has 0 aromatic carbocycles. The zero-order chi connectivity index (χ0) is 11.4. The normalized spacial score (nSPS) is 7.86. The van der Waals surface area contributed by atoms with Crippen molar-refractivity contribution >= 4 is 12.0 Å². The van der Waals surface area contributed by atoms with E-state index in [1.165, 1.54) is 0 Å². The number of carbonyl (C=O) groups is 1. The van der Waals surface area contributed by atoms with Gasteiger partial charge in [0.1, 0.15) is 6.61 Å². The first-order valence-corrected chi connectivity index (χ1v) is 4.04. The third kappa shape index (κ3) is 13.2. The van der Waals surface area contributed by atoms with Crippen molar-refractivity contribution in [1.29, 1.82) is 5.41 Å². The maximum Gasteiger partial charge on any atom is 0.333 e. The second-order valence-electron chi connectivity index (χ2n) is 2.22. The molecule has 0 aromatic rings. The smallest absolute Gasteiger partial charge is 0.333 e. The third-order valence-electron chi connectivity index (χ3n) is 1.01. The molecule has 0 aliphatic heterocycles. The Morgan fingerprint density at radius 3 is 2.36 bits per heavy atom. The van der Waals surface area contributed by atoms with Crippen LogP contribution in [0.4, 0.5) is 0 Å². The van der Waals surface area contributed by atoms with Crippen LogP contribution in [0, 0.1) is 5.41 Å². The Labute approximate surface area is 83.2 Å². The van der Waals surface area contributed by atoms with Crippen LogP contribution in [-0.4, -0.2) is 31.9 Å². The van der Waals surface area contributed by atoms with Crippen LogP contribution in [0.25, 0.3) is 0 Å². The fourth-order valence-electron chi connectivity index (χ4n) is 0.461. The van der Waals surface area contributed by atoms with Crippen LogP contribution in [0.3, 0.4) is 0 Å². The molecular formula is C9H15NO4. The Balaban J connectivity index is 0. The van der Waals surface area contributed by atoms with E-state index in [9.17, 15) is 4.79 Å². The van der Waals surface area contributed by atoms with E-state index in [4.69, 9.17) is 19.7 Å². The SMILES string of the molecule is C=C(C)C(=O)OCCOCC.N=C=O. The van der Waals surface area contributed by atoms with E-state index in [2.05, 4.69) is 6.58 Å². The fraction of sp³-hybridized carbons (Fsp3) is 0.556. The standard InChI is InChI=1S/C8H14O3.CHNO/c1-4-10-5-6-11-8(9)7(2)3;2-1-3/h2,4-6H2,1,3H3;2H. The molecule has 0 saturated heterocycles. The zero-order valence-electron chi connectivity index (χ0n) is 8.46. The minimum atomic E-state index is -0.357. The third-order valence-corrected chi connectivity index (χ3v) is 1.01. The Morgan fingerprint density at radius 1 is 1.50 bits per heavy atom. The minimum Gasteiger partial charge on any atom is -0.460 e. The van der Waals surface area contributed by atoms with Crippen molar-refractivity contribution in [2.75, 3.05) is 19.8 Å². The summed E-state index contributed by atoms with van der Waals surface area (Å²) in [7, 11) is 0. The predicted octanol–water partition coefficient (Wildman–Crippen LogP) is 1.04. The highest BCUT2D eigenvalue weighted by Gasteiger charge is 2.00. The molecule has 5 nitrogen and oxygen atoms in total. The summed E-state index contributed by atoms with van der Waals surface area (Å²) in [6, 6.07) is 0. The van der Waals surface area contributed by atoms with Gasteiger partial charge in [-0.2, -0.15) is 0 Å². The molecule has 14 heavy (non-hydrogen) atoms. The topological polar surface area (TPSA) is 76.5 Å². The maximum absolute atomic E-state index is 10.7. The van der Waals surface area contributed by atoms with Gasteiger partial charge in [0.25, 0.3) is 0 Å². The van der Waals surface area contributed by atoms with Crippen LogP contribution >= 0.6 is 0 Å². The second-order valence-corrected chi connectivity index (χ2v) is 2.22. The number of hydrogen-bond donors (Lipinski definition) is 1. The van der Waals surface area contributed by atoms with E-state index >= 15 is 0 Å². The van der Waals surface area contributed by atoms with Crippen molar-refractivity contribution < 1.29 is 19.1 Å². The van der Waals surface area contributed by atoms with Gasteiger partial charge in [-0.15, -0.1) is 0 Å². The summed E-state index contributed by atoms with van der Waals surface area (Å²) in [5, 5.41) is 5.40. The van der Waals surface area contributed by atoms with Gasteiger partial charge in [-0.3, -0.25) is 0 Å². The molecular weight excluding hydrogens is 186 g/mol. The van der Waals surface area contributed by atoms with Crippen LogP contribution in [-0.2, 0) is 19.1 Å². The molecule has 0 aromatic heterocycles. The first-order valence-electron chi connectivity index (χ1n) is 4.04. The van der Waals surface area contributed by atoms with Crippen molar-refractivity contribution in [3.8, 4) is 0 Å². The number of hydrogen-bond acceptors (Lipinski definition) is 5. The van der Waals surface area contributed by atoms with Crippen LogP contribution in [0.1, 0.15) is 13.8 Å². The zero-order valence-corrected chi connectivity index (χ0v) is 8.46. The van der Waals surface area contributed by atoms with E-state index in [1.54, 1.807) is 6.92 Å². The van der Waals surface area contributed by atoms with Crippen molar-refractivity contribution in [2.24, 2.45) is 0 Å². The van der Waals surface area contributed by atoms with Gasteiger partial charge in [0.05, 0.1) is 6.61 Å². The molecule has 0 rings (SSSR count). The Morgan fingerprint density at radius 2 is 2.00 bits per heavy atom. The van der Waals surface area contributed by atoms with Crippen LogP contribution in [0.15, 0.2) is 12.2 Å². The van der Waals surface area contributed by atoms with E-state index in [0.717, 1.165) is 6.08 Å². The van der Waals surface area contributed by atoms with E-state index in [-0.39, 0.29) is 5.97 Å². The van der Waals surface area contributed by atoms with Gasteiger partial charge in [0.2, 0.25) is 6.08 Å². The van der Waals surface area contributed by atoms with Crippen molar-refractivity contribution in [2.45, 2.75) is 13.8 Å². The lowest BCUT2D eigenvalue weighted by atomic mass is 10.4. The lowest BCUT2D eigenvalue weighted by Crippen LogP contribution is -2.10. The summed E-state index contributed by atoms with van der Waals surface area (Å²) in [4.78, 5) is 19.1. The van der Waals surface area contributed by atoms with Crippen molar-refractivity contribution in [3.05, 3.63) is 12.2 Å². The number of ether oxygens (including phenoxy) is 2. The largest absolute Gasteiger partial charge is 0.460 e. The number of rotatable bonds is 5.